The summed E-state index contributed by atoms with van der Waals surface area (Å²) in [5, 5.41) is 2.88. The summed E-state index contributed by atoms with van der Waals surface area (Å²) in [6.07, 6.45) is 2.74. The SMILES string of the molecule is COc1ccc(NC(=O)CCC2CCN(C(=O)c3ccccc3F)CC2)c(OC)c1. The van der Waals surface area contributed by atoms with Gasteiger partial charge >= 0.3 is 0 Å². The molecule has 2 amide bonds. The molecule has 2 aromatic rings. The van der Waals surface area contributed by atoms with Gasteiger partial charge in [-0.15, -0.1) is 0 Å². The second-order valence-electron chi connectivity index (χ2n) is 7.37. The number of carbonyl (C=O) groups is 2. The first-order valence-corrected chi connectivity index (χ1v) is 10.1. The van der Waals surface area contributed by atoms with Gasteiger partial charge in [0.05, 0.1) is 25.5 Å². The lowest BCUT2D eigenvalue weighted by atomic mass is 9.91. The van der Waals surface area contributed by atoms with Crippen LogP contribution in [0.3, 0.4) is 0 Å². The molecule has 0 bridgehead atoms. The van der Waals surface area contributed by atoms with Gasteiger partial charge in [-0.05, 0) is 49.4 Å². The minimum absolute atomic E-state index is 0.0803. The summed E-state index contributed by atoms with van der Waals surface area (Å²) in [6, 6.07) is 11.3. The van der Waals surface area contributed by atoms with Gasteiger partial charge in [-0.3, -0.25) is 9.59 Å². The number of rotatable bonds is 7. The van der Waals surface area contributed by atoms with Crippen LogP contribution in [0.1, 0.15) is 36.0 Å². The number of amides is 2. The van der Waals surface area contributed by atoms with E-state index in [9.17, 15) is 14.0 Å². The number of nitrogens with zero attached hydrogens (tertiary/aromatic N) is 1. The Balaban J connectivity index is 1.46. The zero-order valence-electron chi connectivity index (χ0n) is 17.3. The molecular formula is C23H27FN2O4. The fourth-order valence-corrected chi connectivity index (χ4v) is 3.68. The van der Waals surface area contributed by atoms with Gasteiger partial charge in [0.15, 0.2) is 0 Å². The molecule has 1 aliphatic heterocycles. The van der Waals surface area contributed by atoms with Crippen molar-refractivity contribution in [2.75, 3.05) is 32.6 Å². The van der Waals surface area contributed by atoms with Crippen LogP contribution in [0.15, 0.2) is 42.5 Å². The zero-order chi connectivity index (χ0) is 21.5. The van der Waals surface area contributed by atoms with Crippen molar-refractivity contribution in [1.82, 2.24) is 4.90 Å². The Morgan fingerprint density at radius 1 is 1.10 bits per heavy atom. The Hall–Kier alpha value is -3.09. The van der Waals surface area contributed by atoms with E-state index >= 15 is 0 Å². The fraction of sp³-hybridized carbons (Fsp3) is 0.391. The smallest absolute Gasteiger partial charge is 0.256 e. The highest BCUT2D eigenvalue weighted by molar-refractivity contribution is 5.94. The van der Waals surface area contributed by atoms with Crippen LogP contribution in [0.25, 0.3) is 0 Å². The van der Waals surface area contributed by atoms with Gasteiger partial charge < -0.3 is 19.7 Å². The number of benzene rings is 2. The molecule has 1 heterocycles. The Bertz CT molecular complexity index is 895. The van der Waals surface area contributed by atoms with Crippen LogP contribution in [0.2, 0.25) is 0 Å². The Kier molecular flexibility index (Phi) is 7.27. The molecule has 6 nitrogen and oxygen atoms in total. The number of ether oxygens (including phenoxy) is 2. The lowest BCUT2D eigenvalue weighted by Crippen LogP contribution is -2.39. The van der Waals surface area contributed by atoms with Gasteiger partial charge in [-0.2, -0.15) is 0 Å². The first-order valence-electron chi connectivity index (χ1n) is 10.1. The van der Waals surface area contributed by atoms with E-state index in [1.165, 1.54) is 12.1 Å². The van der Waals surface area contributed by atoms with Crippen LogP contribution in [-0.2, 0) is 4.79 Å². The lowest BCUT2D eigenvalue weighted by Gasteiger charge is -2.32. The number of carbonyl (C=O) groups excluding carboxylic acids is 2. The highest BCUT2D eigenvalue weighted by Crippen LogP contribution is 2.30. The molecule has 7 heteroatoms. The summed E-state index contributed by atoms with van der Waals surface area (Å²) in [7, 11) is 3.11. The highest BCUT2D eigenvalue weighted by atomic mass is 19.1. The summed E-state index contributed by atoms with van der Waals surface area (Å²) in [6.45, 7) is 1.15. The normalized spacial score (nSPS) is 14.3. The second kappa shape index (κ2) is 10.1. The first-order chi connectivity index (χ1) is 14.5. The average molecular weight is 414 g/mol. The van der Waals surface area contributed by atoms with Gasteiger partial charge in [0, 0.05) is 25.6 Å². The van der Waals surface area contributed by atoms with E-state index in [0.29, 0.717) is 42.6 Å². The van der Waals surface area contributed by atoms with Crippen molar-refractivity contribution in [3.05, 3.63) is 53.8 Å². The molecular weight excluding hydrogens is 387 g/mol. The van der Waals surface area contributed by atoms with Crippen LogP contribution < -0.4 is 14.8 Å². The topological polar surface area (TPSA) is 67.9 Å². The zero-order valence-corrected chi connectivity index (χ0v) is 17.3. The predicted molar refractivity (Wildman–Crippen MR) is 112 cm³/mol. The van der Waals surface area contributed by atoms with E-state index in [2.05, 4.69) is 5.32 Å². The number of hydrogen-bond donors (Lipinski definition) is 1. The molecule has 1 saturated heterocycles. The van der Waals surface area contributed by atoms with Gasteiger partial charge in [-0.1, -0.05) is 12.1 Å². The third-order valence-electron chi connectivity index (χ3n) is 5.47. The lowest BCUT2D eigenvalue weighted by molar-refractivity contribution is -0.116. The molecule has 0 atom stereocenters. The summed E-state index contributed by atoms with van der Waals surface area (Å²) in [5.41, 5.74) is 0.720. The van der Waals surface area contributed by atoms with E-state index in [4.69, 9.17) is 9.47 Å². The molecule has 0 aromatic heterocycles. The summed E-state index contributed by atoms with van der Waals surface area (Å²) in [4.78, 5) is 26.6. The second-order valence-corrected chi connectivity index (χ2v) is 7.37. The third kappa shape index (κ3) is 5.28. The monoisotopic (exact) mass is 414 g/mol. The summed E-state index contributed by atoms with van der Waals surface area (Å²) in [5.74, 6) is 0.719. The van der Waals surface area contributed by atoms with E-state index in [1.54, 1.807) is 49.5 Å². The van der Waals surface area contributed by atoms with Crippen LogP contribution >= 0.6 is 0 Å². The van der Waals surface area contributed by atoms with Crippen molar-refractivity contribution in [1.29, 1.82) is 0 Å². The predicted octanol–water partition coefficient (Wildman–Crippen LogP) is 4.11. The van der Waals surface area contributed by atoms with E-state index in [1.807, 2.05) is 0 Å². The summed E-state index contributed by atoms with van der Waals surface area (Å²) >= 11 is 0. The number of hydrogen-bond acceptors (Lipinski definition) is 4. The van der Waals surface area contributed by atoms with E-state index in [0.717, 1.165) is 19.3 Å². The molecule has 0 radical (unpaired) electrons. The minimum atomic E-state index is -0.491. The number of anilines is 1. The van der Waals surface area contributed by atoms with Gasteiger partial charge in [0.1, 0.15) is 17.3 Å². The number of piperidine rings is 1. The van der Waals surface area contributed by atoms with Gasteiger partial charge in [0.2, 0.25) is 5.91 Å². The van der Waals surface area contributed by atoms with Gasteiger partial charge in [-0.25, -0.2) is 4.39 Å². The molecule has 30 heavy (non-hydrogen) atoms. The number of nitrogens with one attached hydrogen (secondary N) is 1. The first kappa shape index (κ1) is 21.6. The van der Waals surface area contributed by atoms with Crippen LogP contribution in [-0.4, -0.2) is 44.0 Å². The molecule has 1 N–H and O–H groups in total. The number of likely N-dealkylation sites (tertiary alicyclic amines) is 1. The van der Waals surface area contributed by atoms with Crippen molar-refractivity contribution >= 4 is 17.5 Å². The third-order valence-corrected chi connectivity index (χ3v) is 5.47. The molecule has 0 saturated carbocycles. The van der Waals surface area contributed by atoms with Crippen LogP contribution in [0.5, 0.6) is 11.5 Å². The van der Waals surface area contributed by atoms with Crippen molar-refractivity contribution in [2.24, 2.45) is 5.92 Å². The fourth-order valence-electron chi connectivity index (χ4n) is 3.68. The van der Waals surface area contributed by atoms with Crippen molar-refractivity contribution in [3.63, 3.8) is 0 Å². The van der Waals surface area contributed by atoms with Gasteiger partial charge in [0.25, 0.3) is 5.91 Å². The maximum absolute atomic E-state index is 13.8. The average Bonchev–Trinajstić information content (AvgIpc) is 2.78. The standard InChI is InChI=1S/C23H27FN2O4/c1-29-17-8-9-20(21(15-17)30-2)25-22(27)10-7-16-11-13-26(14-12-16)23(28)18-5-3-4-6-19(18)24/h3-6,8-9,15-16H,7,10-14H2,1-2H3,(H,25,27). The Morgan fingerprint density at radius 3 is 2.50 bits per heavy atom. The van der Waals surface area contributed by atoms with Crippen LogP contribution in [0, 0.1) is 11.7 Å². The molecule has 1 aliphatic rings. The maximum atomic E-state index is 13.8. The minimum Gasteiger partial charge on any atom is -0.497 e. The maximum Gasteiger partial charge on any atom is 0.256 e. The van der Waals surface area contributed by atoms with Crippen LogP contribution in [0.4, 0.5) is 10.1 Å². The van der Waals surface area contributed by atoms with Crippen molar-refractivity contribution in [3.8, 4) is 11.5 Å². The Labute approximate surface area is 176 Å². The number of methoxy groups -OCH3 is 2. The highest BCUT2D eigenvalue weighted by Gasteiger charge is 2.25. The van der Waals surface area contributed by atoms with Crippen molar-refractivity contribution < 1.29 is 23.5 Å². The molecule has 0 aliphatic carbocycles. The van der Waals surface area contributed by atoms with E-state index < -0.39 is 5.82 Å². The Morgan fingerprint density at radius 2 is 1.83 bits per heavy atom. The molecule has 0 unspecified atom stereocenters. The molecule has 2 aromatic carbocycles. The molecule has 160 valence electrons. The molecule has 1 fully saturated rings. The molecule has 3 rings (SSSR count). The quantitative estimate of drug-likeness (QED) is 0.740. The summed E-state index contributed by atoms with van der Waals surface area (Å²) < 4.78 is 24.3. The number of halogens is 1. The van der Waals surface area contributed by atoms with E-state index in [-0.39, 0.29) is 17.4 Å². The van der Waals surface area contributed by atoms with Crippen molar-refractivity contribution in [2.45, 2.75) is 25.7 Å². The largest absolute Gasteiger partial charge is 0.497 e. The molecule has 0 spiro atoms.